The van der Waals surface area contributed by atoms with Crippen LogP contribution in [-0.4, -0.2) is 17.4 Å². The number of halogens is 2. The molecule has 2 rings (SSSR count). The fraction of sp³-hybridized carbons (Fsp3) is 0.125. The lowest BCUT2D eigenvalue weighted by Gasteiger charge is -2.09. The molecule has 0 aliphatic heterocycles. The molecule has 0 aliphatic carbocycles. The Bertz CT molecular complexity index is 657. The number of carbonyl (C=O) groups excluding carboxylic acids is 1. The van der Waals surface area contributed by atoms with Crippen LogP contribution in [0.25, 0.3) is 0 Å². The van der Waals surface area contributed by atoms with E-state index in [0.29, 0.717) is 15.6 Å². The molecule has 1 N–H and O–H groups in total. The number of benzene rings is 2. The van der Waals surface area contributed by atoms with Crippen molar-refractivity contribution < 1.29 is 4.79 Å². The maximum atomic E-state index is 12.0. The van der Waals surface area contributed by atoms with E-state index in [1.165, 1.54) is 18.0 Å². The summed E-state index contributed by atoms with van der Waals surface area (Å²) in [6, 6.07) is 14.9. The van der Waals surface area contributed by atoms with Crippen LogP contribution in [0, 0.1) is 0 Å². The minimum absolute atomic E-state index is 0.187. The first-order valence-corrected chi connectivity index (χ1v) is 8.20. The Kier molecular flexibility index (Phi) is 6.31. The summed E-state index contributed by atoms with van der Waals surface area (Å²) in [5, 5.41) is 4.62. The highest BCUT2D eigenvalue weighted by atomic mass is 35.5. The minimum atomic E-state index is -0.263. The van der Waals surface area contributed by atoms with Crippen LogP contribution in [0.5, 0.6) is 0 Å². The third-order valence-corrected chi connectivity index (χ3v) is 4.56. The molecule has 0 aliphatic rings. The normalized spacial score (nSPS) is 12.3. The summed E-state index contributed by atoms with van der Waals surface area (Å²) in [4.78, 5) is 13.0. The fourth-order valence-corrected chi connectivity index (χ4v) is 3.02. The molecule has 0 fully saturated rings. The Balaban J connectivity index is 1.93. The lowest BCUT2D eigenvalue weighted by molar-refractivity contribution is -0.120. The van der Waals surface area contributed by atoms with Gasteiger partial charge in [-0.1, -0.05) is 47.5 Å². The number of nitrogens with zero attached hydrogens (tertiary/aromatic N) is 1. The highest BCUT2D eigenvalue weighted by Gasteiger charge is 2.13. The summed E-state index contributed by atoms with van der Waals surface area (Å²) in [5.41, 5.74) is 3.08. The summed E-state index contributed by atoms with van der Waals surface area (Å²) < 4.78 is 0. The third kappa shape index (κ3) is 4.77. The number of rotatable bonds is 5. The van der Waals surface area contributed by atoms with E-state index in [1.807, 2.05) is 37.3 Å². The number of carbonyl (C=O) groups is 1. The Morgan fingerprint density at radius 1 is 1.14 bits per heavy atom. The maximum Gasteiger partial charge on any atom is 0.253 e. The standard InChI is InChI=1S/C16H14Cl2N2OS/c1-11(22-12-6-3-2-4-7-12)16(21)20-19-10-13-14(17)8-5-9-15(13)18/h2-11H,1H3,(H,20,21). The summed E-state index contributed by atoms with van der Waals surface area (Å²) in [6.07, 6.45) is 1.45. The number of hydrazone groups is 1. The second-order valence-corrected chi connectivity index (χ2v) is 6.67. The van der Waals surface area contributed by atoms with E-state index in [0.717, 1.165) is 4.90 Å². The van der Waals surface area contributed by atoms with Crippen molar-refractivity contribution in [3.8, 4) is 0 Å². The first-order valence-electron chi connectivity index (χ1n) is 6.56. The number of thioether (sulfide) groups is 1. The van der Waals surface area contributed by atoms with Crippen LogP contribution in [0.15, 0.2) is 58.5 Å². The molecular formula is C16H14Cl2N2OS. The number of amides is 1. The van der Waals surface area contributed by atoms with E-state index in [9.17, 15) is 4.79 Å². The van der Waals surface area contributed by atoms with Crippen molar-refractivity contribution in [2.24, 2.45) is 5.10 Å². The zero-order valence-electron chi connectivity index (χ0n) is 11.8. The molecule has 1 unspecified atom stereocenters. The van der Waals surface area contributed by atoms with Gasteiger partial charge in [-0.25, -0.2) is 5.43 Å². The van der Waals surface area contributed by atoms with Crippen molar-refractivity contribution in [3.63, 3.8) is 0 Å². The second kappa shape index (κ2) is 8.22. The van der Waals surface area contributed by atoms with Gasteiger partial charge in [0.15, 0.2) is 0 Å². The van der Waals surface area contributed by atoms with Crippen LogP contribution in [0.3, 0.4) is 0 Å². The van der Waals surface area contributed by atoms with Crippen LogP contribution in [0.2, 0.25) is 10.0 Å². The Hall–Kier alpha value is -1.49. The Labute approximate surface area is 143 Å². The lowest BCUT2D eigenvalue weighted by atomic mass is 10.2. The fourth-order valence-electron chi connectivity index (χ4n) is 1.64. The van der Waals surface area contributed by atoms with Gasteiger partial charge < -0.3 is 0 Å². The molecule has 1 atom stereocenters. The molecule has 22 heavy (non-hydrogen) atoms. The molecule has 0 radical (unpaired) electrons. The summed E-state index contributed by atoms with van der Waals surface area (Å²) in [7, 11) is 0. The van der Waals surface area contributed by atoms with Gasteiger partial charge in [-0.2, -0.15) is 5.10 Å². The molecule has 0 saturated heterocycles. The van der Waals surface area contributed by atoms with Crippen molar-refractivity contribution in [1.82, 2.24) is 5.43 Å². The first-order chi connectivity index (χ1) is 10.6. The van der Waals surface area contributed by atoms with Gasteiger partial charge in [-0.3, -0.25) is 4.79 Å². The zero-order chi connectivity index (χ0) is 15.9. The summed E-state index contributed by atoms with van der Waals surface area (Å²) >= 11 is 13.5. The molecule has 1 amide bonds. The first kappa shape index (κ1) is 16.9. The molecule has 0 bridgehead atoms. The van der Waals surface area contributed by atoms with Gasteiger partial charge in [0.05, 0.1) is 21.5 Å². The molecule has 2 aromatic carbocycles. The summed E-state index contributed by atoms with van der Waals surface area (Å²) in [6.45, 7) is 1.82. The number of hydrogen-bond acceptors (Lipinski definition) is 3. The van der Waals surface area contributed by atoms with Crippen molar-refractivity contribution in [2.45, 2.75) is 17.1 Å². The van der Waals surface area contributed by atoms with E-state index in [2.05, 4.69) is 10.5 Å². The molecule has 2 aromatic rings. The molecule has 0 saturated carbocycles. The van der Waals surface area contributed by atoms with Crippen molar-refractivity contribution in [1.29, 1.82) is 0 Å². The quantitative estimate of drug-likeness (QED) is 0.484. The van der Waals surface area contributed by atoms with E-state index >= 15 is 0 Å². The van der Waals surface area contributed by atoms with Gasteiger partial charge in [-0.15, -0.1) is 11.8 Å². The second-order valence-electron chi connectivity index (χ2n) is 4.44. The van der Waals surface area contributed by atoms with Crippen molar-refractivity contribution >= 4 is 47.1 Å². The average Bonchev–Trinajstić information content (AvgIpc) is 2.51. The molecule has 0 aromatic heterocycles. The van der Waals surface area contributed by atoms with Crippen LogP contribution in [0.1, 0.15) is 12.5 Å². The lowest BCUT2D eigenvalue weighted by Crippen LogP contribution is -2.26. The monoisotopic (exact) mass is 352 g/mol. The Morgan fingerprint density at radius 3 is 2.41 bits per heavy atom. The predicted octanol–water partition coefficient (Wildman–Crippen LogP) is 4.62. The van der Waals surface area contributed by atoms with Crippen LogP contribution < -0.4 is 5.43 Å². The SMILES string of the molecule is CC(Sc1ccccc1)C(=O)NN=Cc1c(Cl)cccc1Cl. The highest BCUT2D eigenvalue weighted by molar-refractivity contribution is 8.00. The molecular weight excluding hydrogens is 339 g/mol. The third-order valence-electron chi connectivity index (χ3n) is 2.79. The largest absolute Gasteiger partial charge is 0.272 e. The average molecular weight is 353 g/mol. The van der Waals surface area contributed by atoms with Crippen molar-refractivity contribution in [2.75, 3.05) is 0 Å². The summed E-state index contributed by atoms with van der Waals surface area (Å²) in [5.74, 6) is -0.187. The van der Waals surface area contributed by atoms with Crippen LogP contribution in [-0.2, 0) is 4.79 Å². The molecule has 6 heteroatoms. The topological polar surface area (TPSA) is 41.5 Å². The molecule has 0 spiro atoms. The minimum Gasteiger partial charge on any atom is -0.272 e. The van der Waals surface area contributed by atoms with Crippen LogP contribution >= 0.6 is 35.0 Å². The Morgan fingerprint density at radius 2 is 1.77 bits per heavy atom. The van der Waals surface area contributed by atoms with Crippen LogP contribution in [0.4, 0.5) is 0 Å². The van der Waals surface area contributed by atoms with Gasteiger partial charge in [0, 0.05) is 10.5 Å². The highest BCUT2D eigenvalue weighted by Crippen LogP contribution is 2.23. The van der Waals surface area contributed by atoms with Gasteiger partial charge in [0.25, 0.3) is 5.91 Å². The maximum absolute atomic E-state index is 12.0. The van der Waals surface area contributed by atoms with Gasteiger partial charge in [0.2, 0.25) is 0 Å². The van der Waals surface area contributed by atoms with Gasteiger partial charge >= 0.3 is 0 Å². The van der Waals surface area contributed by atoms with E-state index < -0.39 is 0 Å². The molecule has 0 heterocycles. The van der Waals surface area contributed by atoms with Gasteiger partial charge in [0.1, 0.15) is 0 Å². The number of nitrogens with one attached hydrogen (secondary N) is 1. The molecule has 3 nitrogen and oxygen atoms in total. The molecule has 114 valence electrons. The van der Waals surface area contributed by atoms with Crippen molar-refractivity contribution in [3.05, 3.63) is 64.1 Å². The van der Waals surface area contributed by atoms with E-state index in [1.54, 1.807) is 18.2 Å². The zero-order valence-corrected chi connectivity index (χ0v) is 14.1. The van der Waals surface area contributed by atoms with Gasteiger partial charge in [-0.05, 0) is 31.2 Å². The van der Waals surface area contributed by atoms with E-state index in [4.69, 9.17) is 23.2 Å². The predicted molar refractivity (Wildman–Crippen MR) is 94.0 cm³/mol. The number of hydrogen-bond donors (Lipinski definition) is 1. The smallest absolute Gasteiger partial charge is 0.253 e. The van der Waals surface area contributed by atoms with E-state index in [-0.39, 0.29) is 11.2 Å².